The van der Waals surface area contributed by atoms with Gasteiger partial charge in [0, 0.05) is 0 Å². The molecule has 1 rings (SSSR count). The van der Waals surface area contributed by atoms with Gasteiger partial charge in [-0.05, 0) is 45.3 Å². The third-order valence-corrected chi connectivity index (χ3v) is 2.99. The van der Waals surface area contributed by atoms with Crippen LogP contribution in [0.2, 0.25) is 0 Å². The first-order valence-corrected chi connectivity index (χ1v) is 5.78. The summed E-state index contributed by atoms with van der Waals surface area (Å²) in [6.07, 6.45) is 2.25. The Kier molecular flexibility index (Phi) is 5.05. The molecule has 1 fully saturated rings. The lowest BCUT2D eigenvalue weighted by molar-refractivity contribution is -0.146. The summed E-state index contributed by atoms with van der Waals surface area (Å²) in [5.74, 6) is 0.239. The summed E-state index contributed by atoms with van der Waals surface area (Å²) in [6.45, 7) is 7.73. The summed E-state index contributed by atoms with van der Waals surface area (Å²) in [4.78, 5) is 13.6. The molecule has 0 aromatic carbocycles. The molecule has 2 N–H and O–H groups in total. The number of likely N-dealkylation sites (tertiary alicyclic amines) is 1. The van der Waals surface area contributed by atoms with E-state index in [4.69, 9.17) is 10.5 Å². The molecule has 0 aromatic rings. The predicted molar refractivity (Wildman–Crippen MR) is 59.4 cm³/mol. The number of hydrogen-bond acceptors (Lipinski definition) is 4. The first-order chi connectivity index (χ1) is 7.13. The Morgan fingerprint density at radius 1 is 1.53 bits per heavy atom. The van der Waals surface area contributed by atoms with Crippen LogP contribution in [0.4, 0.5) is 0 Å². The van der Waals surface area contributed by atoms with E-state index in [9.17, 15) is 4.79 Å². The smallest absolute Gasteiger partial charge is 0.322 e. The lowest BCUT2D eigenvalue weighted by Crippen LogP contribution is -2.36. The lowest BCUT2D eigenvalue weighted by atomic mass is 9.98. The van der Waals surface area contributed by atoms with Crippen molar-refractivity contribution in [2.24, 2.45) is 11.7 Å². The van der Waals surface area contributed by atoms with Crippen LogP contribution in [-0.2, 0) is 9.53 Å². The Morgan fingerprint density at radius 2 is 2.13 bits per heavy atom. The summed E-state index contributed by atoms with van der Waals surface area (Å²) in [5.41, 5.74) is 5.41. The Balaban J connectivity index is 2.16. The first-order valence-electron chi connectivity index (χ1n) is 5.78. The Hall–Kier alpha value is -0.610. The number of hydrogen-bond donors (Lipinski definition) is 1. The van der Waals surface area contributed by atoms with Gasteiger partial charge in [0.2, 0.25) is 0 Å². The van der Waals surface area contributed by atoms with E-state index in [0.717, 1.165) is 32.5 Å². The average Bonchev–Trinajstić information content (AvgIpc) is 2.26. The van der Waals surface area contributed by atoms with Gasteiger partial charge in [0.05, 0.1) is 6.61 Å². The lowest BCUT2D eigenvalue weighted by Gasteiger charge is -2.30. The Labute approximate surface area is 91.8 Å². The molecule has 0 spiro atoms. The van der Waals surface area contributed by atoms with Crippen LogP contribution in [0, 0.1) is 5.92 Å². The summed E-state index contributed by atoms with van der Waals surface area (Å²) in [7, 11) is 0. The van der Waals surface area contributed by atoms with Gasteiger partial charge in [0.1, 0.15) is 6.04 Å². The summed E-state index contributed by atoms with van der Waals surface area (Å²) in [5, 5.41) is 0. The van der Waals surface area contributed by atoms with Gasteiger partial charge in [-0.2, -0.15) is 0 Å². The van der Waals surface area contributed by atoms with E-state index in [0.29, 0.717) is 12.5 Å². The van der Waals surface area contributed by atoms with Gasteiger partial charge in [-0.25, -0.2) is 0 Å². The van der Waals surface area contributed by atoms with E-state index < -0.39 is 6.04 Å². The molecule has 0 aromatic heterocycles. The summed E-state index contributed by atoms with van der Waals surface area (Å²) >= 11 is 0. The highest BCUT2D eigenvalue weighted by molar-refractivity contribution is 5.74. The molecule has 0 amide bonds. The van der Waals surface area contributed by atoms with Crippen molar-refractivity contribution in [2.45, 2.75) is 32.7 Å². The van der Waals surface area contributed by atoms with Gasteiger partial charge in [0.25, 0.3) is 0 Å². The van der Waals surface area contributed by atoms with Gasteiger partial charge in [0.15, 0.2) is 0 Å². The van der Waals surface area contributed by atoms with E-state index in [1.807, 2.05) is 0 Å². The maximum atomic E-state index is 11.1. The normalized spacial score (nSPS) is 21.3. The zero-order valence-electron chi connectivity index (χ0n) is 9.74. The number of nitrogens with zero attached hydrogens (tertiary/aromatic N) is 1. The second-order valence-electron chi connectivity index (χ2n) is 4.30. The monoisotopic (exact) mass is 214 g/mol. The molecule has 1 atom stereocenters. The molecule has 0 bridgehead atoms. The van der Waals surface area contributed by atoms with Crippen LogP contribution in [-0.4, -0.2) is 43.2 Å². The van der Waals surface area contributed by atoms with E-state index in [1.54, 1.807) is 6.92 Å². The zero-order valence-corrected chi connectivity index (χ0v) is 9.74. The van der Waals surface area contributed by atoms with Crippen molar-refractivity contribution in [2.75, 3.05) is 26.2 Å². The molecule has 1 heterocycles. The minimum Gasteiger partial charge on any atom is -0.464 e. The van der Waals surface area contributed by atoms with Crippen LogP contribution in [0.5, 0.6) is 0 Å². The topological polar surface area (TPSA) is 55.6 Å². The van der Waals surface area contributed by atoms with Gasteiger partial charge < -0.3 is 15.4 Å². The number of carbonyl (C=O) groups excluding carboxylic acids is 1. The largest absolute Gasteiger partial charge is 0.464 e. The number of esters is 1. The van der Waals surface area contributed by atoms with Crippen molar-refractivity contribution in [1.29, 1.82) is 0 Å². The molecular weight excluding hydrogens is 192 g/mol. The molecule has 0 aliphatic carbocycles. The van der Waals surface area contributed by atoms with Crippen LogP contribution in [0.15, 0.2) is 0 Å². The van der Waals surface area contributed by atoms with Crippen LogP contribution in [0.1, 0.15) is 26.7 Å². The van der Waals surface area contributed by atoms with Crippen molar-refractivity contribution < 1.29 is 9.53 Å². The number of ether oxygens (including phenoxy) is 1. The highest BCUT2D eigenvalue weighted by Crippen LogP contribution is 2.17. The van der Waals surface area contributed by atoms with Crippen molar-refractivity contribution in [1.82, 2.24) is 4.90 Å². The minimum atomic E-state index is -0.499. The minimum absolute atomic E-state index is 0.284. The van der Waals surface area contributed by atoms with Crippen molar-refractivity contribution in [3.05, 3.63) is 0 Å². The Morgan fingerprint density at radius 3 is 2.60 bits per heavy atom. The maximum absolute atomic E-state index is 11.1. The average molecular weight is 214 g/mol. The van der Waals surface area contributed by atoms with Crippen LogP contribution < -0.4 is 5.73 Å². The van der Waals surface area contributed by atoms with Crippen LogP contribution in [0.3, 0.4) is 0 Å². The maximum Gasteiger partial charge on any atom is 0.322 e. The molecule has 0 radical (unpaired) electrons. The third-order valence-electron chi connectivity index (χ3n) is 2.99. The quantitative estimate of drug-likeness (QED) is 0.697. The van der Waals surface area contributed by atoms with E-state index in [2.05, 4.69) is 11.8 Å². The van der Waals surface area contributed by atoms with E-state index >= 15 is 0 Å². The van der Waals surface area contributed by atoms with Crippen molar-refractivity contribution in [3.8, 4) is 0 Å². The van der Waals surface area contributed by atoms with Crippen LogP contribution >= 0.6 is 0 Å². The second-order valence-corrected chi connectivity index (χ2v) is 4.30. The number of carbonyl (C=O) groups is 1. The standard InChI is InChI=1S/C11H22N2O2/c1-3-13-6-4-10(5-7-13)8-15-11(14)9(2)12/h9-10H,3-8,12H2,1-2H3/t9-/m0/s1. The van der Waals surface area contributed by atoms with Gasteiger partial charge in [-0.3, -0.25) is 4.79 Å². The molecular formula is C11H22N2O2. The summed E-state index contributed by atoms with van der Waals surface area (Å²) in [6, 6.07) is -0.499. The molecule has 1 aliphatic rings. The molecule has 4 nitrogen and oxygen atoms in total. The Bertz CT molecular complexity index is 199. The van der Waals surface area contributed by atoms with Gasteiger partial charge in [-0.1, -0.05) is 6.92 Å². The SMILES string of the molecule is CCN1CCC(COC(=O)[C@H](C)N)CC1. The second kappa shape index (κ2) is 6.08. The molecule has 4 heteroatoms. The molecule has 1 saturated heterocycles. The number of nitrogens with two attached hydrogens (primary N) is 1. The van der Waals surface area contributed by atoms with Crippen molar-refractivity contribution >= 4 is 5.97 Å². The van der Waals surface area contributed by atoms with Crippen LogP contribution in [0.25, 0.3) is 0 Å². The zero-order chi connectivity index (χ0) is 11.3. The van der Waals surface area contributed by atoms with E-state index in [1.165, 1.54) is 0 Å². The fourth-order valence-electron chi connectivity index (χ4n) is 1.80. The molecule has 1 aliphatic heterocycles. The van der Waals surface area contributed by atoms with Gasteiger partial charge >= 0.3 is 5.97 Å². The predicted octanol–water partition coefficient (Wildman–Crippen LogP) is 0.609. The highest BCUT2D eigenvalue weighted by atomic mass is 16.5. The fraction of sp³-hybridized carbons (Fsp3) is 0.909. The third kappa shape index (κ3) is 4.18. The molecule has 15 heavy (non-hydrogen) atoms. The molecule has 0 saturated carbocycles. The number of piperidine rings is 1. The fourth-order valence-corrected chi connectivity index (χ4v) is 1.80. The molecule has 0 unspecified atom stereocenters. The number of rotatable bonds is 4. The van der Waals surface area contributed by atoms with E-state index in [-0.39, 0.29) is 5.97 Å². The molecule has 88 valence electrons. The van der Waals surface area contributed by atoms with Gasteiger partial charge in [-0.15, -0.1) is 0 Å². The van der Waals surface area contributed by atoms with Crippen molar-refractivity contribution in [3.63, 3.8) is 0 Å². The first kappa shape index (κ1) is 12.5. The highest BCUT2D eigenvalue weighted by Gasteiger charge is 2.20. The summed E-state index contributed by atoms with van der Waals surface area (Å²) < 4.78 is 5.13.